The molecule has 2 nitrogen and oxygen atoms in total. The molecule has 0 aromatic rings. The molecule has 0 saturated carbocycles. The Morgan fingerprint density at radius 3 is 2.18 bits per heavy atom. The van der Waals surface area contributed by atoms with E-state index in [9.17, 15) is 0 Å². The first kappa shape index (κ1) is 25.0. The summed E-state index contributed by atoms with van der Waals surface area (Å²) in [6.07, 6.45) is 7.78. The van der Waals surface area contributed by atoms with E-state index in [0.717, 1.165) is 17.8 Å². The van der Waals surface area contributed by atoms with Crippen LogP contribution in [0.3, 0.4) is 0 Å². The Balaban J connectivity index is 0. The van der Waals surface area contributed by atoms with Crippen LogP contribution in [0.1, 0.15) is 27.2 Å². The zero-order chi connectivity index (χ0) is 15.7. The van der Waals surface area contributed by atoms with Crippen LogP contribution in [0.2, 0.25) is 29.6 Å². The summed E-state index contributed by atoms with van der Waals surface area (Å²) in [4.78, 5) is 4.80. The van der Waals surface area contributed by atoms with Gasteiger partial charge in [0.15, 0.2) is 0 Å². The second kappa shape index (κ2) is 8.24. The van der Waals surface area contributed by atoms with Crippen LogP contribution < -0.4 is 3.80 Å². The van der Waals surface area contributed by atoms with Gasteiger partial charge in [0.25, 0.3) is 0 Å². The Bertz CT molecular complexity index is 489. The molecule has 0 aromatic carbocycles. The molecule has 0 spiro atoms. The van der Waals surface area contributed by atoms with Crippen molar-refractivity contribution in [2.45, 2.75) is 62.3 Å². The van der Waals surface area contributed by atoms with E-state index in [0.29, 0.717) is 0 Å². The van der Waals surface area contributed by atoms with Crippen molar-refractivity contribution in [2.75, 3.05) is 6.61 Å². The number of halogens is 2. The summed E-state index contributed by atoms with van der Waals surface area (Å²) in [6.45, 7) is 14.3. The van der Waals surface area contributed by atoms with Gasteiger partial charge in [-0.3, -0.25) is 0 Å². The van der Waals surface area contributed by atoms with E-state index in [2.05, 4.69) is 67.7 Å². The molecule has 0 bridgehead atoms. The van der Waals surface area contributed by atoms with Crippen molar-refractivity contribution in [1.82, 2.24) is 3.80 Å². The van der Waals surface area contributed by atoms with Gasteiger partial charge in [0.05, 0.1) is 0 Å². The van der Waals surface area contributed by atoms with Crippen LogP contribution in [-0.2, 0) is 19.5 Å². The first-order chi connectivity index (χ1) is 8.81. The third kappa shape index (κ3) is 8.05. The van der Waals surface area contributed by atoms with E-state index < -0.39 is 23.4 Å². The predicted molar refractivity (Wildman–Crippen MR) is 106 cm³/mol. The van der Waals surface area contributed by atoms with Gasteiger partial charge < -0.3 is 0 Å². The van der Waals surface area contributed by atoms with Gasteiger partial charge in [-0.25, -0.2) is 0 Å². The van der Waals surface area contributed by atoms with Crippen LogP contribution in [0.5, 0.6) is 0 Å². The summed E-state index contributed by atoms with van der Waals surface area (Å²) in [6, 6.07) is 0. The SMILES string of the molecule is Cl.Cl.[CH2]=[Ti]([CH3])([CH2]CO[Si](C)(C)C)([NH]C(C)(C)C)[C]1=CC=CC1. The van der Waals surface area contributed by atoms with Gasteiger partial charge in [-0.1, -0.05) is 0 Å². The minimum atomic E-state index is -3.12. The van der Waals surface area contributed by atoms with Crippen molar-refractivity contribution in [3.63, 3.8) is 0 Å². The normalized spacial score (nSPS) is 15.9. The molecule has 0 heterocycles. The topological polar surface area (TPSA) is 21.3 Å². The quantitative estimate of drug-likeness (QED) is 0.598. The van der Waals surface area contributed by atoms with Crippen LogP contribution in [0.4, 0.5) is 0 Å². The molecule has 0 aromatic heterocycles. The number of rotatable bonds is 6. The molecule has 6 heteroatoms. The average Bonchev–Trinajstić information content (AvgIpc) is 2.63. The Kier molecular flexibility index (Phi) is 9.38. The number of hydrogen-bond acceptors (Lipinski definition) is 2. The summed E-state index contributed by atoms with van der Waals surface area (Å²) >= 11 is -3.12. The summed E-state index contributed by atoms with van der Waals surface area (Å²) in [5.74, 6) is 0. The molecular formula is C16H35Cl2NOSiTi. The van der Waals surface area contributed by atoms with Gasteiger partial charge in [-0.05, 0) is 0 Å². The second-order valence-corrected chi connectivity index (χ2v) is 22.5. The van der Waals surface area contributed by atoms with E-state index in [1.54, 1.807) is 0 Å². The van der Waals surface area contributed by atoms with Gasteiger partial charge in [0.1, 0.15) is 0 Å². The molecule has 0 amide bonds. The summed E-state index contributed by atoms with van der Waals surface area (Å²) in [5.41, 5.74) is 0.0935. The first-order valence-electron chi connectivity index (χ1n) is 7.67. The molecule has 1 aliphatic carbocycles. The molecule has 0 aliphatic heterocycles. The van der Waals surface area contributed by atoms with Crippen LogP contribution in [0, 0.1) is 0 Å². The maximum atomic E-state index is 6.12. The summed E-state index contributed by atoms with van der Waals surface area (Å²) in [5, 5.41) is 2.41. The Morgan fingerprint density at radius 2 is 1.82 bits per heavy atom. The minimum absolute atomic E-state index is 0. The Labute approximate surface area is 151 Å². The third-order valence-corrected chi connectivity index (χ3v) is 13.1. The molecule has 0 atom stereocenters. The van der Waals surface area contributed by atoms with Gasteiger partial charge in [0.2, 0.25) is 0 Å². The van der Waals surface area contributed by atoms with E-state index in [4.69, 9.17) is 9.24 Å². The van der Waals surface area contributed by atoms with E-state index >= 15 is 0 Å². The molecule has 0 unspecified atom stereocenters. The standard InChI is InChI=1S/C5H13OSi.C5H5.C4H10N.CH3.CH2.2ClH.Ti/c1-5-6-7(2,3)4;1-2-4-5-3-1;1-4(2,3)5;;;;;/h1,5H2,2-4H3;1-3H,4H2;5H,1-3H3;1H3;1H2;2*1H;/q;;-1;;;;;+1. The van der Waals surface area contributed by atoms with Crippen molar-refractivity contribution in [2.24, 2.45) is 0 Å². The van der Waals surface area contributed by atoms with Gasteiger partial charge >= 0.3 is 127 Å². The molecule has 0 radical (unpaired) electrons. The van der Waals surface area contributed by atoms with Crippen molar-refractivity contribution in [1.29, 1.82) is 0 Å². The van der Waals surface area contributed by atoms with Crippen molar-refractivity contribution in [3.05, 3.63) is 22.1 Å². The zero-order valence-corrected chi connectivity index (χ0v) is 19.5. The molecule has 1 rings (SSSR count). The molecule has 1 N–H and O–H groups in total. The van der Waals surface area contributed by atoms with Gasteiger partial charge in [-0.2, -0.15) is 0 Å². The fraction of sp³-hybridized carbons (Fsp3) is 0.688. The molecular weight excluding hydrogens is 369 g/mol. The van der Waals surface area contributed by atoms with Crippen molar-refractivity contribution < 1.29 is 19.5 Å². The fourth-order valence-corrected chi connectivity index (χ4v) is 11.5. The van der Waals surface area contributed by atoms with Crippen LogP contribution in [0.15, 0.2) is 22.1 Å². The number of hydrogen-bond donors (Lipinski definition) is 1. The monoisotopic (exact) mass is 403 g/mol. The average molecular weight is 404 g/mol. The van der Waals surface area contributed by atoms with E-state index in [-0.39, 0.29) is 30.4 Å². The number of nitrogens with one attached hydrogen (secondary N) is 1. The van der Waals surface area contributed by atoms with Crippen LogP contribution in [-0.4, -0.2) is 25.3 Å². The first-order valence-corrected chi connectivity index (χ1v) is 16.4. The summed E-state index contributed by atoms with van der Waals surface area (Å²) in [7, 11) is -1.45. The van der Waals surface area contributed by atoms with E-state index in [1.807, 2.05) is 0 Å². The molecule has 0 fully saturated rings. The zero-order valence-electron chi connectivity index (χ0n) is 15.3. The fourth-order valence-electron chi connectivity index (χ4n) is 3.02. The van der Waals surface area contributed by atoms with E-state index in [1.165, 1.54) is 3.88 Å². The molecule has 22 heavy (non-hydrogen) atoms. The van der Waals surface area contributed by atoms with Crippen LogP contribution in [0.25, 0.3) is 0 Å². The predicted octanol–water partition coefficient (Wildman–Crippen LogP) is 5.42. The second-order valence-electron chi connectivity index (χ2n) is 8.70. The van der Waals surface area contributed by atoms with Crippen molar-refractivity contribution >= 4 is 37.9 Å². The van der Waals surface area contributed by atoms with Crippen molar-refractivity contribution in [3.8, 4) is 0 Å². The third-order valence-electron chi connectivity index (χ3n) is 3.76. The Hall–Kier alpha value is 0.781. The Morgan fingerprint density at radius 1 is 1.27 bits per heavy atom. The maximum absolute atomic E-state index is 6.12. The molecule has 1 aliphatic rings. The van der Waals surface area contributed by atoms with Crippen LogP contribution >= 0.6 is 24.8 Å². The van der Waals surface area contributed by atoms with Gasteiger partial charge in [0, 0.05) is 0 Å². The van der Waals surface area contributed by atoms with Gasteiger partial charge in [-0.15, -0.1) is 24.8 Å². The summed E-state index contributed by atoms with van der Waals surface area (Å²) < 4.78 is 12.7. The number of allylic oxidation sites excluding steroid dienone is 4. The molecule has 132 valence electrons. The molecule has 0 saturated heterocycles.